The number of aryl methyl sites for hydroxylation is 2. The van der Waals surface area contributed by atoms with Crippen LogP contribution in [0.4, 0.5) is 0 Å². The molecule has 3 aromatic rings. The molecule has 3 heterocycles. The number of hydrogen-bond donors (Lipinski definition) is 1. The van der Waals surface area contributed by atoms with Crippen LogP contribution in [-0.2, 0) is 11.3 Å². The van der Waals surface area contributed by atoms with Gasteiger partial charge in [0.1, 0.15) is 17.5 Å². The number of oxazole rings is 1. The summed E-state index contributed by atoms with van der Waals surface area (Å²) in [4.78, 5) is 19.5. The van der Waals surface area contributed by atoms with Crippen LogP contribution < -0.4 is 5.43 Å². The summed E-state index contributed by atoms with van der Waals surface area (Å²) in [5.74, 6) is 1.29. The third-order valence-electron chi connectivity index (χ3n) is 5.86. The van der Waals surface area contributed by atoms with Gasteiger partial charge in [-0.25, -0.2) is 10.4 Å². The van der Waals surface area contributed by atoms with Crippen LogP contribution >= 0.6 is 11.6 Å². The Hall–Kier alpha value is -3.09. The van der Waals surface area contributed by atoms with E-state index in [0.717, 1.165) is 17.7 Å². The van der Waals surface area contributed by atoms with E-state index in [1.54, 1.807) is 23.2 Å². The number of carbonyl (C=O) groups excluding carboxylic acids is 1. The Morgan fingerprint density at radius 2 is 1.84 bits per heavy atom. The molecule has 31 heavy (non-hydrogen) atoms. The van der Waals surface area contributed by atoms with E-state index < -0.39 is 0 Å². The number of benzene rings is 2. The largest absolute Gasteiger partial charge is 0.441 e. The van der Waals surface area contributed by atoms with Gasteiger partial charge in [-0.2, -0.15) is 0 Å². The van der Waals surface area contributed by atoms with Crippen LogP contribution in [0, 0.1) is 13.8 Å². The lowest BCUT2D eigenvalue weighted by atomic mass is 10.00. The van der Waals surface area contributed by atoms with Crippen LogP contribution in [0.3, 0.4) is 0 Å². The van der Waals surface area contributed by atoms with E-state index in [4.69, 9.17) is 16.0 Å². The molecular weight excluding hydrogens is 412 g/mol. The standard InChI is InChI=1S/C24H23ClN4O2/c1-15-3-5-17(6-4-15)20-13-22-24(30)28(11-12-29(22)27-20)14-21-16(2)31-23(26-21)18-7-9-19(25)10-8-18/h3-12,20,22,27H,13-14H2,1-2H3. The molecule has 1 saturated heterocycles. The molecule has 2 aliphatic rings. The van der Waals surface area contributed by atoms with Crippen LogP contribution in [0.15, 0.2) is 65.3 Å². The Kier molecular flexibility index (Phi) is 5.04. The van der Waals surface area contributed by atoms with Crippen LogP contribution in [0.2, 0.25) is 5.02 Å². The van der Waals surface area contributed by atoms with E-state index in [-0.39, 0.29) is 18.0 Å². The number of nitrogens with one attached hydrogen (secondary N) is 1. The second-order valence-corrected chi connectivity index (χ2v) is 8.48. The van der Waals surface area contributed by atoms with Gasteiger partial charge < -0.3 is 14.3 Å². The number of carbonyl (C=O) groups is 1. The molecule has 7 heteroatoms. The molecule has 1 amide bonds. The number of halogens is 1. The predicted molar refractivity (Wildman–Crippen MR) is 119 cm³/mol. The number of fused-ring (bicyclic) bond motifs is 1. The van der Waals surface area contributed by atoms with Gasteiger partial charge in [-0.15, -0.1) is 0 Å². The Balaban J connectivity index is 1.31. The molecule has 0 spiro atoms. The Bertz CT molecular complexity index is 1140. The van der Waals surface area contributed by atoms with Gasteiger partial charge in [-0.3, -0.25) is 4.79 Å². The molecule has 0 radical (unpaired) electrons. The van der Waals surface area contributed by atoms with Gasteiger partial charge in [-0.1, -0.05) is 41.4 Å². The average molecular weight is 435 g/mol. The van der Waals surface area contributed by atoms with Gasteiger partial charge in [0, 0.05) is 23.0 Å². The van der Waals surface area contributed by atoms with Gasteiger partial charge in [0.2, 0.25) is 5.89 Å². The highest BCUT2D eigenvalue weighted by atomic mass is 35.5. The molecule has 0 saturated carbocycles. The summed E-state index contributed by atoms with van der Waals surface area (Å²) in [6.45, 7) is 4.32. The first-order valence-corrected chi connectivity index (χ1v) is 10.7. The SMILES string of the molecule is Cc1ccc(C2CC3C(=O)N(Cc4nc(-c5ccc(Cl)cc5)oc4C)C=CN3N2)cc1. The molecule has 0 bridgehead atoms. The Morgan fingerprint density at radius 1 is 1.10 bits per heavy atom. The highest BCUT2D eigenvalue weighted by molar-refractivity contribution is 6.30. The second-order valence-electron chi connectivity index (χ2n) is 8.04. The van der Waals surface area contributed by atoms with Crippen molar-refractivity contribution in [3.8, 4) is 11.5 Å². The zero-order chi connectivity index (χ0) is 21.5. The van der Waals surface area contributed by atoms with Gasteiger partial charge in [0.05, 0.1) is 12.6 Å². The van der Waals surface area contributed by atoms with Crippen molar-refractivity contribution in [2.75, 3.05) is 0 Å². The van der Waals surface area contributed by atoms with Crippen molar-refractivity contribution in [1.82, 2.24) is 20.3 Å². The lowest BCUT2D eigenvalue weighted by molar-refractivity contribution is -0.135. The van der Waals surface area contributed by atoms with Crippen LogP contribution in [0.1, 0.15) is 35.0 Å². The van der Waals surface area contributed by atoms with Crippen molar-refractivity contribution < 1.29 is 9.21 Å². The number of aromatic nitrogens is 1. The van der Waals surface area contributed by atoms with E-state index >= 15 is 0 Å². The fourth-order valence-electron chi connectivity index (χ4n) is 4.04. The van der Waals surface area contributed by atoms with Crippen molar-refractivity contribution in [1.29, 1.82) is 0 Å². The summed E-state index contributed by atoms with van der Waals surface area (Å²) in [7, 11) is 0. The second kappa shape index (κ2) is 7.87. The number of hydrazine groups is 1. The van der Waals surface area contributed by atoms with Gasteiger partial charge in [0.15, 0.2) is 0 Å². The van der Waals surface area contributed by atoms with Gasteiger partial charge in [-0.05, 0) is 50.1 Å². The van der Waals surface area contributed by atoms with Crippen LogP contribution in [0.25, 0.3) is 11.5 Å². The summed E-state index contributed by atoms with van der Waals surface area (Å²) < 4.78 is 5.85. The van der Waals surface area contributed by atoms with Crippen molar-refractivity contribution >= 4 is 17.5 Å². The van der Waals surface area contributed by atoms with Crippen molar-refractivity contribution in [3.05, 3.63) is 88.5 Å². The highest BCUT2D eigenvalue weighted by Crippen LogP contribution is 2.32. The molecule has 2 unspecified atom stereocenters. The maximum atomic E-state index is 13.2. The minimum Gasteiger partial charge on any atom is -0.441 e. The number of hydrogen-bond acceptors (Lipinski definition) is 5. The number of rotatable bonds is 4. The first-order valence-electron chi connectivity index (χ1n) is 10.3. The number of amides is 1. The third-order valence-corrected chi connectivity index (χ3v) is 6.11. The average Bonchev–Trinajstić information content (AvgIpc) is 3.36. The lowest BCUT2D eigenvalue weighted by Crippen LogP contribution is -2.47. The fraction of sp³-hybridized carbons (Fsp3) is 0.250. The molecular formula is C24H23ClN4O2. The molecule has 158 valence electrons. The van der Waals surface area contributed by atoms with Gasteiger partial charge in [0.25, 0.3) is 5.91 Å². The third kappa shape index (κ3) is 3.84. The topological polar surface area (TPSA) is 61.6 Å². The zero-order valence-corrected chi connectivity index (χ0v) is 18.1. The monoisotopic (exact) mass is 434 g/mol. The van der Waals surface area contributed by atoms with Crippen molar-refractivity contribution in [3.63, 3.8) is 0 Å². The fourth-order valence-corrected chi connectivity index (χ4v) is 4.16. The smallest absolute Gasteiger partial charge is 0.251 e. The zero-order valence-electron chi connectivity index (χ0n) is 17.4. The van der Waals surface area contributed by atoms with Crippen LogP contribution in [-0.4, -0.2) is 26.8 Å². The molecule has 1 fully saturated rings. The molecule has 0 aliphatic carbocycles. The molecule has 2 aliphatic heterocycles. The van der Waals surface area contributed by atoms with Crippen molar-refractivity contribution in [2.24, 2.45) is 0 Å². The van der Waals surface area contributed by atoms with Gasteiger partial charge >= 0.3 is 0 Å². The van der Waals surface area contributed by atoms with E-state index in [0.29, 0.717) is 23.2 Å². The summed E-state index contributed by atoms with van der Waals surface area (Å²) in [6.07, 6.45) is 4.45. The van der Waals surface area contributed by atoms with E-state index in [9.17, 15) is 4.79 Å². The van der Waals surface area contributed by atoms with E-state index in [1.165, 1.54) is 11.1 Å². The summed E-state index contributed by atoms with van der Waals surface area (Å²) >= 11 is 5.97. The molecule has 1 N–H and O–H groups in total. The summed E-state index contributed by atoms with van der Waals surface area (Å²) in [5.41, 5.74) is 7.45. The maximum absolute atomic E-state index is 13.2. The Morgan fingerprint density at radius 3 is 2.58 bits per heavy atom. The first kappa shape index (κ1) is 19.8. The quantitative estimate of drug-likeness (QED) is 0.642. The van der Waals surface area contributed by atoms with E-state index in [1.807, 2.05) is 30.3 Å². The van der Waals surface area contributed by atoms with Crippen LogP contribution in [0.5, 0.6) is 0 Å². The molecule has 5 rings (SSSR count). The normalized spacial score (nSPS) is 20.4. The minimum absolute atomic E-state index is 0.0556. The minimum atomic E-state index is -0.237. The lowest BCUT2D eigenvalue weighted by Gasteiger charge is -2.31. The van der Waals surface area contributed by atoms with E-state index in [2.05, 4.69) is 41.6 Å². The Labute approximate surface area is 186 Å². The number of nitrogens with zero attached hydrogens (tertiary/aromatic N) is 3. The molecule has 6 nitrogen and oxygen atoms in total. The molecule has 1 aromatic heterocycles. The predicted octanol–water partition coefficient (Wildman–Crippen LogP) is 4.75. The molecule has 2 aromatic carbocycles. The maximum Gasteiger partial charge on any atom is 0.251 e. The first-order chi connectivity index (χ1) is 15.0. The highest BCUT2D eigenvalue weighted by Gasteiger charge is 2.40. The molecule has 2 atom stereocenters. The van der Waals surface area contributed by atoms with Crippen molar-refractivity contribution in [2.45, 2.75) is 38.9 Å². The summed E-state index contributed by atoms with van der Waals surface area (Å²) in [6, 6.07) is 15.7. The summed E-state index contributed by atoms with van der Waals surface area (Å²) in [5, 5.41) is 2.58.